The first-order chi connectivity index (χ1) is 7.15. The maximum atomic E-state index is 11.0. The number of unbranched alkanes of at least 4 members (excludes halogenated alkanes) is 1. The van der Waals surface area contributed by atoms with Crippen molar-refractivity contribution in [2.45, 2.75) is 37.4 Å². The third kappa shape index (κ3) is 4.27. The third-order valence-electron chi connectivity index (χ3n) is 3.10. The van der Waals surface area contributed by atoms with Crippen molar-refractivity contribution in [2.24, 2.45) is 0 Å². The second-order valence-corrected chi connectivity index (χ2v) is 10.6. The number of amides is 1. The minimum absolute atomic E-state index is 0.187. The fourth-order valence-electron chi connectivity index (χ4n) is 1.92. The Morgan fingerprint density at radius 3 is 2.67 bits per heavy atom. The highest BCUT2D eigenvalue weighted by molar-refractivity contribution is 8.44. The Hall–Kier alpha value is 0.170. The quantitative estimate of drug-likeness (QED) is 0.735. The second kappa shape index (κ2) is 6.69. The van der Waals surface area contributed by atoms with Gasteiger partial charge in [0.05, 0.1) is 0 Å². The second-order valence-electron chi connectivity index (χ2n) is 4.11. The van der Waals surface area contributed by atoms with Crippen molar-refractivity contribution in [1.29, 1.82) is 0 Å². The molecule has 1 amide bonds. The van der Waals surface area contributed by atoms with E-state index in [1.54, 1.807) is 7.05 Å². The summed E-state index contributed by atoms with van der Waals surface area (Å²) in [6.07, 6.45) is 10.6. The van der Waals surface area contributed by atoms with Gasteiger partial charge in [-0.15, -0.1) is 0 Å². The molecule has 0 aromatic heterocycles. The molecule has 1 aliphatic heterocycles. The molecule has 1 rings (SSSR count). The lowest BCUT2D eigenvalue weighted by molar-refractivity contribution is -0.120. The van der Waals surface area contributed by atoms with Gasteiger partial charge in [0.2, 0.25) is 5.91 Å². The molecular formula is C11H23NOS2. The normalized spacial score (nSPS) is 30.5. The van der Waals surface area contributed by atoms with Gasteiger partial charge in [-0.3, -0.25) is 4.79 Å². The van der Waals surface area contributed by atoms with Gasteiger partial charge in [-0.25, -0.2) is 0 Å². The molecule has 2 nitrogen and oxygen atoms in total. The van der Waals surface area contributed by atoms with Crippen molar-refractivity contribution in [2.75, 3.05) is 25.3 Å². The van der Waals surface area contributed by atoms with E-state index < -0.39 is 0 Å². The van der Waals surface area contributed by atoms with Crippen LogP contribution in [0, 0.1) is 0 Å². The predicted molar refractivity (Wildman–Crippen MR) is 72.4 cm³/mol. The molecule has 15 heavy (non-hydrogen) atoms. The van der Waals surface area contributed by atoms with Crippen LogP contribution in [-0.2, 0) is 23.7 Å². The van der Waals surface area contributed by atoms with E-state index in [9.17, 15) is 4.79 Å². The smallest absolute Gasteiger partial charge is 0.219 e. The number of carbonyl (C=O) groups excluding carboxylic acids is 1. The largest absolute Gasteiger partial charge is 0.359 e. The fourth-order valence-corrected chi connectivity index (χ4v) is 7.41. The average Bonchev–Trinajstić information content (AvgIpc) is 2.55. The molecule has 0 aliphatic carbocycles. The summed E-state index contributed by atoms with van der Waals surface area (Å²) in [6, 6.07) is 0. The minimum Gasteiger partial charge on any atom is -0.359 e. The van der Waals surface area contributed by atoms with Gasteiger partial charge < -0.3 is 5.32 Å². The summed E-state index contributed by atoms with van der Waals surface area (Å²) in [6.45, 7) is 0. The van der Waals surface area contributed by atoms with Crippen molar-refractivity contribution < 1.29 is 4.79 Å². The van der Waals surface area contributed by atoms with Gasteiger partial charge in [0.1, 0.15) is 0 Å². The summed E-state index contributed by atoms with van der Waals surface area (Å²) < 4.78 is 0. The van der Waals surface area contributed by atoms with Gasteiger partial charge >= 0.3 is 0 Å². The van der Waals surface area contributed by atoms with Crippen LogP contribution >= 0.6 is 0 Å². The Labute approximate surface area is 97.7 Å². The van der Waals surface area contributed by atoms with E-state index in [1.165, 1.54) is 25.0 Å². The molecule has 0 bridgehead atoms. The molecule has 0 aromatic rings. The Kier molecular flexibility index (Phi) is 5.90. The molecule has 0 aromatic carbocycles. The Balaban J connectivity index is 2.14. The molecule has 0 spiro atoms. The standard InChI is InChI=1S/C11H23NOS2/c1-12-11(13)7-5-4-6-10-8-9-14(2)15(10)3/h10H,4-9H2,1-3H3,(H,12,13). The van der Waals surface area contributed by atoms with Crippen molar-refractivity contribution >= 4 is 24.8 Å². The summed E-state index contributed by atoms with van der Waals surface area (Å²) in [7, 11) is 3.05. The molecule has 1 heterocycles. The molecule has 0 radical (unpaired) electrons. The van der Waals surface area contributed by atoms with E-state index in [0.29, 0.717) is 25.3 Å². The number of nitrogens with one attached hydrogen (secondary N) is 1. The van der Waals surface area contributed by atoms with Crippen molar-refractivity contribution in [3.63, 3.8) is 0 Å². The lowest BCUT2D eigenvalue weighted by Gasteiger charge is -2.12. The van der Waals surface area contributed by atoms with Crippen molar-refractivity contribution in [1.82, 2.24) is 5.32 Å². The van der Waals surface area contributed by atoms with Crippen molar-refractivity contribution in [3.8, 4) is 0 Å². The van der Waals surface area contributed by atoms with Crippen LogP contribution in [-0.4, -0.2) is 36.5 Å². The first kappa shape index (κ1) is 13.2. The van der Waals surface area contributed by atoms with Gasteiger partial charge in [0, 0.05) is 18.7 Å². The number of hydrogen-bond acceptors (Lipinski definition) is 1. The van der Waals surface area contributed by atoms with Crippen LogP contribution in [0.15, 0.2) is 0 Å². The maximum absolute atomic E-state index is 11.0. The zero-order valence-electron chi connectivity index (χ0n) is 10.0. The van der Waals surface area contributed by atoms with Crippen LogP contribution in [0.3, 0.4) is 0 Å². The van der Waals surface area contributed by atoms with Gasteiger partial charge in [-0.1, -0.05) is 6.42 Å². The number of hydrogen-bond donors (Lipinski definition) is 1. The molecule has 0 saturated heterocycles. The summed E-state index contributed by atoms with van der Waals surface area (Å²) in [4.78, 5) is 11.0. The van der Waals surface area contributed by atoms with Gasteiger partial charge in [0.15, 0.2) is 0 Å². The van der Waals surface area contributed by atoms with Crippen LogP contribution in [0.1, 0.15) is 32.1 Å². The fraction of sp³-hybridized carbons (Fsp3) is 0.909. The Morgan fingerprint density at radius 1 is 1.40 bits per heavy atom. The van der Waals surface area contributed by atoms with Crippen LogP contribution in [0.5, 0.6) is 0 Å². The highest BCUT2D eigenvalue weighted by atomic mass is 32.9. The van der Waals surface area contributed by atoms with E-state index in [-0.39, 0.29) is 5.91 Å². The number of carbonyl (C=O) groups is 1. The molecule has 1 aliphatic rings. The molecule has 4 heteroatoms. The average molecular weight is 249 g/mol. The van der Waals surface area contributed by atoms with Crippen molar-refractivity contribution in [3.05, 3.63) is 0 Å². The summed E-state index contributed by atoms with van der Waals surface area (Å²) in [5.74, 6) is 1.63. The zero-order valence-corrected chi connectivity index (χ0v) is 11.7. The SMILES string of the molecule is CNC(=O)CCCCC1CCS(C)=S1C. The van der Waals surface area contributed by atoms with Gasteiger partial charge in [-0.2, -0.15) is 18.9 Å². The van der Waals surface area contributed by atoms with E-state index in [0.717, 1.165) is 11.7 Å². The van der Waals surface area contributed by atoms with E-state index in [2.05, 4.69) is 17.8 Å². The van der Waals surface area contributed by atoms with Gasteiger partial charge in [0.25, 0.3) is 0 Å². The highest BCUT2D eigenvalue weighted by Gasteiger charge is 2.17. The summed E-state index contributed by atoms with van der Waals surface area (Å²) in [5, 5.41) is 3.63. The third-order valence-corrected chi connectivity index (χ3v) is 10.2. The molecule has 90 valence electrons. The molecule has 3 unspecified atom stereocenters. The van der Waals surface area contributed by atoms with Crippen LogP contribution in [0.2, 0.25) is 0 Å². The monoisotopic (exact) mass is 249 g/mol. The van der Waals surface area contributed by atoms with Crippen LogP contribution in [0.25, 0.3) is 0 Å². The molecular weight excluding hydrogens is 226 g/mol. The van der Waals surface area contributed by atoms with E-state index in [4.69, 9.17) is 0 Å². The zero-order chi connectivity index (χ0) is 11.3. The molecule has 0 saturated carbocycles. The summed E-state index contributed by atoms with van der Waals surface area (Å²) >= 11 is 0. The van der Waals surface area contributed by atoms with Crippen LogP contribution in [0.4, 0.5) is 0 Å². The molecule has 1 N–H and O–H groups in total. The Morgan fingerprint density at radius 2 is 2.13 bits per heavy atom. The minimum atomic E-state index is 0.187. The van der Waals surface area contributed by atoms with E-state index >= 15 is 0 Å². The van der Waals surface area contributed by atoms with E-state index in [1.807, 2.05) is 0 Å². The molecule has 0 fully saturated rings. The topological polar surface area (TPSA) is 29.1 Å². The lowest BCUT2D eigenvalue weighted by atomic mass is 10.1. The first-order valence-electron chi connectivity index (χ1n) is 5.63. The van der Waals surface area contributed by atoms with Gasteiger partial charge in [-0.05, 0) is 37.5 Å². The summed E-state index contributed by atoms with van der Waals surface area (Å²) in [5.41, 5.74) is 0. The van der Waals surface area contributed by atoms with Crippen LogP contribution < -0.4 is 5.32 Å². The Bertz CT molecular complexity index is 263. The lowest BCUT2D eigenvalue weighted by Crippen LogP contribution is -2.17. The molecule has 3 atom stereocenters. The first-order valence-corrected chi connectivity index (χ1v) is 9.65. The maximum Gasteiger partial charge on any atom is 0.219 e. The predicted octanol–water partition coefficient (Wildman–Crippen LogP) is 1.48. The number of rotatable bonds is 5. The highest BCUT2D eigenvalue weighted by Crippen LogP contribution is 2.20.